The highest BCUT2D eigenvalue weighted by Crippen LogP contribution is 2.30. The van der Waals surface area contributed by atoms with Crippen LogP contribution in [0.15, 0.2) is 65.5 Å². The molecule has 3 aromatic carbocycles. The van der Waals surface area contributed by atoms with E-state index in [1.165, 1.54) is 12.8 Å². The lowest BCUT2D eigenvalue weighted by Crippen LogP contribution is -2.53. The Hall–Kier alpha value is -4.94. The van der Waals surface area contributed by atoms with Gasteiger partial charge in [-0.15, -0.1) is 0 Å². The molecule has 7 rings (SSSR count). The largest absolute Gasteiger partial charge is 0.497 e. The van der Waals surface area contributed by atoms with Crippen LogP contribution in [-0.4, -0.2) is 97.8 Å². The Kier molecular flexibility index (Phi) is 9.00. The number of benzene rings is 3. The number of carbonyl (C=O) groups is 2. The number of amides is 3. The number of imide groups is 1. The fraction of sp³-hybridized carbons (Fsp3) is 0.389. The predicted octanol–water partition coefficient (Wildman–Crippen LogP) is 3.84. The van der Waals surface area contributed by atoms with Crippen molar-refractivity contribution >= 4 is 34.2 Å². The summed E-state index contributed by atoms with van der Waals surface area (Å²) < 4.78 is 10.8. The van der Waals surface area contributed by atoms with Crippen molar-refractivity contribution in [3.63, 3.8) is 0 Å². The topological polar surface area (TPSA) is 123 Å². The molecular formula is C36H41N7O5. The molecular weight excluding hydrogens is 610 g/mol. The van der Waals surface area contributed by atoms with Crippen molar-refractivity contribution in [3.05, 3.63) is 76.6 Å². The molecule has 250 valence electrons. The van der Waals surface area contributed by atoms with E-state index in [0.717, 1.165) is 75.5 Å². The van der Waals surface area contributed by atoms with Gasteiger partial charge in [-0.3, -0.25) is 29.6 Å². The van der Waals surface area contributed by atoms with Crippen LogP contribution in [0.25, 0.3) is 22.3 Å². The second kappa shape index (κ2) is 13.7. The number of hydrogen-bond acceptors (Lipinski definition) is 9. The Morgan fingerprint density at radius 3 is 2.31 bits per heavy atom. The number of aromatic nitrogens is 2. The molecule has 4 aromatic rings. The lowest BCUT2D eigenvalue weighted by molar-refractivity contribution is -0.120. The van der Waals surface area contributed by atoms with Crippen LogP contribution in [0.4, 0.5) is 16.2 Å². The van der Waals surface area contributed by atoms with Crippen molar-refractivity contribution in [3.8, 4) is 22.9 Å². The number of nitrogens with zero attached hydrogens (tertiary/aromatic N) is 5. The van der Waals surface area contributed by atoms with Gasteiger partial charge in [0.15, 0.2) is 0 Å². The maximum absolute atomic E-state index is 13.0. The van der Waals surface area contributed by atoms with Crippen LogP contribution in [-0.2, 0) is 11.3 Å². The van der Waals surface area contributed by atoms with E-state index in [-0.39, 0.29) is 17.5 Å². The summed E-state index contributed by atoms with van der Waals surface area (Å²) in [6.07, 6.45) is 2.54. The quantitative estimate of drug-likeness (QED) is 0.293. The number of hydrogen-bond donors (Lipinski definition) is 2. The first-order valence-electron chi connectivity index (χ1n) is 16.6. The van der Waals surface area contributed by atoms with Crippen LogP contribution < -0.4 is 30.1 Å². The zero-order valence-corrected chi connectivity index (χ0v) is 27.4. The lowest BCUT2D eigenvalue weighted by atomic mass is 10.0. The molecule has 0 saturated carbocycles. The molecule has 2 N–H and O–H groups in total. The van der Waals surface area contributed by atoms with Gasteiger partial charge in [-0.2, -0.15) is 0 Å². The summed E-state index contributed by atoms with van der Waals surface area (Å²) in [5.74, 6) is 1.29. The summed E-state index contributed by atoms with van der Waals surface area (Å²) in [4.78, 5) is 54.0. The van der Waals surface area contributed by atoms with Gasteiger partial charge < -0.3 is 19.4 Å². The molecule has 3 aliphatic heterocycles. The maximum atomic E-state index is 13.0. The van der Waals surface area contributed by atoms with E-state index in [1.54, 1.807) is 24.1 Å². The van der Waals surface area contributed by atoms with E-state index in [4.69, 9.17) is 14.5 Å². The third-order valence-electron chi connectivity index (χ3n) is 9.83. The predicted molar refractivity (Wildman–Crippen MR) is 185 cm³/mol. The Balaban J connectivity index is 0.933. The van der Waals surface area contributed by atoms with Gasteiger partial charge in [0.2, 0.25) is 5.91 Å². The lowest BCUT2D eigenvalue weighted by Gasteiger charge is -2.43. The van der Waals surface area contributed by atoms with Crippen LogP contribution in [0.1, 0.15) is 24.8 Å². The Bertz CT molecular complexity index is 1860. The molecule has 12 nitrogen and oxygen atoms in total. The molecule has 3 aliphatic rings. The number of aromatic amines is 1. The SMILES string of the molecule is COc1cc(OC)c2c(=O)[nH]c(-c3ccc(N4CCC(N5CCN(Cc6ccccc6N6CCC(=O)NC6=O)CC5)CC4)cc3)nc2c1. The van der Waals surface area contributed by atoms with Crippen LogP contribution in [0, 0.1) is 0 Å². The van der Waals surface area contributed by atoms with Crippen LogP contribution in [0.5, 0.6) is 11.5 Å². The Labute approximate surface area is 279 Å². The summed E-state index contributed by atoms with van der Waals surface area (Å²) in [7, 11) is 3.10. The molecule has 0 aliphatic carbocycles. The van der Waals surface area contributed by atoms with Crippen molar-refractivity contribution in [2.45, 2.75) is 31.8 Å². The number of ether oxygens (including phenoxy) is 2. The highest BCUT2D eigenvalue weighted by Gasteiger charge is 2.29. The van der Waals surface area contributed by atoms with Crippen molar-refractivity contribution in [1.29, 1.82) is 0 Å². The number of methoxy groups -OCH3 is 2. The first kappa shape index (κ1) is 31.6. The summed E-state index contributed by atoms with van der Waals surface area (Å²) in [6, 6.07) is 19.9. The van der Waals surface area contributed by atoms with Gasteiger partial charge in [-0.1, -0.05) is 18.2 Å². The molecule has 3 fully saturated rings. The molecule has 0 bridgehead atoms. The average Bonchev–Trinajstić information content (AvgIpc) is 3.12. The number of para-hydroxylation sites is 1. The van der Waals surface area contributed by atoms with Crippen molar-refractivity contribution < 1.29 is 19.1 Å². The van der Waals surface area contributed by atoms with Crippen LogP contribution in [0.3, 0.4) is 0 Å². The van der Waals surface area contributed by atoms with Gasteiger partial charge in [0.25, 0.3) is 5.56 Å². The Morgan fingerprint density at radius 1 is 0.854 bits per heavy atom. The normalized spacial score (nSPS) is 18.3. The van der Waals surface area contributed by atoms with E-state index < -0.39 is 0 Å². The van der Waals surface area contributed by atoms with E-state index in [0.29, 0.717) is 47.2 Å². The number of piperidine rings is 1. The van der Waals surface area contributed by atoms with Gasteiger partial charge in [0.05, 0.1) is 19.7 Å². The summed E-state index contributed by atoms with van der Waals surface area (Å²) >= 11 is 0. The zero-order valence-electron chi connectivity index (χ0n) is 27.4. The standard InChI is InChI=1S/C36H41N7O5/c1-47-28-21-29-33(31(22-28)48-2)35(45)39-34(37-29)24-7-9-26(10-8-24)41-14-11-27(12-15-41)42-19-17-40(18-20-42)23-25-5-3-4-6-30(25)43-16-13-32(44)38-36(43)46/h3-10,21-22,27H,11-20,23H2,1-2H3,(H,37,39,45)(H,38,44,46). The second-order valence-corrected chi connectivity index (χ2v) is 12.6. The van der Waals surface area contributed by atoms with Crippen LogP contribution >= 0.6 is 0 Å². The first-order valence-corrected chi connectivity index (χ1v) is 16.6. The molecule has 3 saturated heterocycles. The summed E-state index contributed by atoms with van der Waals surface area (Å²) in [6.45, 7) is 7.17. The van der Waals surface area contributed by atoms with Crippen molar-refractivity contribution in [2.24, 2.45) is 0 Å². The molecule has 0 radical (unpaired) electrons. The van der Waals surface area contributed by atoms with Crippen molar-refractivity contribution in [1.82, 2.24) is 25.1 Å². The highest BCUT2D eigenvalue weighted by molar-refractivity contribution is 6.05. The maximum Gasteiger partial charge on any atom is 0.328 e. The van der Waals surface area contributed by atoms with Crippen molar-refractivity contribution in [2.75, 3.05) is 69.8 Å². The number of H-pyrrole nitrogens is 1. The molecule has 3 amide bonds. The highest BCUT2D eigenvalue weighted by atomic mass is 16.5. The van der Waals surface area contributed by atoms with Gasteiger partial charge >= 0.3 is 6.03 Å². The molecule has 0 unspecified atom stereocenters. The molecule has 0 spiro atoms. The Morgan fingerprint density at radius 2 is 1.60 bits per heavy atom. The third kappa shape index (κ3) is 6.45. The minimum Gasteiger partial charge on any atom is -0.497 e. The fourth-order valence-electron chi connectivity index (χ4n) is 7.18. The number of urea groups is 1. The average molecular weight is 652 g/mol. The summed E-state index contributed by atoms with van der Waals surface area (Å²) in [5.41, 5.74) is 4.26. The second-order valence-electron chi connectivity index (χ2n) is 12.6. The number of nitrogens with one attached hydrogen (secondary N) is 2. The number of rotatable bonds is 8. The molecule has 48 heavy (non-hydrogen) atoms. The molecule has 4 heterocycles. The minimum atomic E-state index is -0.341. The molecule has 12 heteroatoms. The number of anilines is 2. The number of carbonyl (C=O) groups excluding carboxylic acids is 2. The smallest absolute Gasteiger partial charge is 0.328 e. The minimum absolute atomic E-state index is 0.217. The third-order valence-corrected chi connectivity index (χ3v) is 9.83. The van der Waals surface area contributed by atoms with E-state index in [1.807, 2.05) is 30.3 Å². The number of piperazine rings is 1. The van der Waals surface area contributed by atoms with Gasteiger partial charge in [0.1, 0.15) is 22.7 Å². The van der Waals surface area contributed by atoms with E-state index in [9.17, 15) is 14.4 Å². The van der Waals surface area contributed by atoms with Gasteiger partial charge in [0, 0.05) is 93.9 Å². The van der Waals surface area contributed by atoms with E-state index in [2.05, 4.69) is 43.2 Å². The summed E-state index contributed by atoms with van der Waals surface area (Å²) in [5, 5.41) is 2.84. The van der Waals surface area contributed by atoms with E-state index >= 15 is 0 Å². The monoisotopic (exact) mass is 651 g/mol. The van der Waals surface area contributed by atoms with Gasteiger partial charge in [-0.25, -0.2) is 9.78 Å². The fourth-order valence-corrected chi connectivity index (χ4v) is 7.18. The van der Waals surface area contributed by atoms with Gasteiger partial charge in [-0.05, 0) is 48.7 Å². The van der Waals surface area contributed by atoms with Crippen LogP contribution in [0.2, 0.25) is 0 Å². The molecule has 1 aromatic heterocycles. The zero-order chi connectivity index (χ0) is 33.2. The number of fused-ring (bicyclic) bond motifs is 1. The molecule has 0 atom stereocenters. The first-order chi connectivity index (χ1) is 23.4.